The Hall–Kier alpha value is -2.52. The van der Waals surface area contributed by atoms with Gasteiger partial charge in [-0.3, -0.25) is 4.79 Å². The molecule has 1 N–H and O–H groups in total. The Morgan fingerprint density at radius 1 is 1.06 bits per heavy atom. The maximum atomic E-state index is 13.6. The quantitative estimate of drug-likeness (QED) is 0.484. The molecule has 36 heavy (non-hydrogen) atoms. The van der Waals surface area contributed by atoms with Crippen LogP contribution in [-0.4, -0.2) is 43.7 Å². The highest BCUT2D eigenvalue weighted by molar-refractivity contribution is 6.30. The summed E-state index contributed by atoms with van der Waals surface area (Å²) < 4.78 is 52.1. The van der Waals surface area contributed by atoms with Crippen molar-refractivity contribution < 1.29 is 44.0 Å². The van der Waals surface area contributed by atoms with E-state index < -0.39 is 23.4 Å². The number of furan rings is 1. The van der Waals surface area contributed by atoms with Crippen molar-refractivity contribution in [1.82, 2.24) is 0 Å². The number of nitrogens with one attached hydrogen (secondary N) is 1. The smallest absolute Gasteiger partial charge is 0.450 e. The zero-order chi connectivity index (χ0) is 25.2. The molecule has 2 aromatic carbocycles. The standard InChI is InChI=1S/C26H26ClF3N2O3.ClH/c1-32(2,21-11-13-34-14-12-21)16-17-3-9-20(10-4-17)31-25(33)22-15-23(35-24(22)26(28,29)30)18-5-7-19(27)8-6-18;/h3-10,15,21H,11-14,16H2,1-2H3;1H. The summed E-state index contributed by atoms with van der Waals surface area (Å²) >= 11 is 5.85. The van der Waals surface area contributed by atoms with E-state index in [9.17, 15) is 18.0 Å². The van der Waals surface area contributed by atoms with Crippen molar-refractivity contribution in [3.63, 3.8) is 0 Å². The molecule has 4 rings (SSSR count). The van der Waals surface area contributed by atoms with Crippen molar-refractivity contribution in [2.24, 2.45) is 0 Å². The predicted molar refractivity (Wildman–Crippen MR) is 128 cm³/mol. The Bertz CT molecular complexity index is 1170. The second-order valence-corrected chi connectivity index (χ2v) is 9.73. The molecule has 194 valence electrons. The first-order chi connectivity index (χ1) is 16.5. The van der Waals surface area contributed by atoms with Crippen LogP contribution >= 0.6 is 11.6 Å². The van der Waals surface area contributed by atoms with E-state index in [4.69, 9.17) is 20.8 Å². The summed E-state index contributed by atoms with van der Waals surface area (Å²) in [4.78, 5) is 12.8. The summed E-state index contributed by atoms with van der Waals surface area (Å²) in [5.41, 5.74) is 1.28. The van der Waals surface area contributed by atoms with E-state index in [0.29, 0.717) is 22.3 Å². The van der Waals surface area contributed by atoms with E-state index in [-0.39, 0.29) is 18.2 Å². The molecule has 1 saturated heterocycles. The van der Waals surface area contributed by atoms with Crippen molar-refractivity contribution in [3.05, 3.63) is 76.5 Å². The second kappa shape index (κ2) is 11.3. The maximum Gasteiger partial charge on any atom is 0.450 e. The van der Waals surface area contributed by atoms with Crippen LogP contribution in [-0.2, 0) is 17.5 Å². The summed E-state index contributed by atoms with van der Waals surface area (Å²) in [7, 11) is 4.36. The Kier molecular flexibility index (Phi) is 8.77. The number of nitrogens with zero attached hydrogens (tertiary/aromatic N) is 1. The van der Waals surface area contributed by atoms with Gasteiger partial charge in [-0.1, -0.05) is 23.7 Å². The molecule has 0 atom stereocenters. The van der Waals surface area contributed by atoms with Crippen LogP contribution in [0.5, 0.6) is 0 Å². The molecule has 1 aliphatic rings. The van der Waals surface area contributed by atoms with E-state index in [1.165, 1.54) is 24.3 Å². The lowest BCUT2D eigenvalue weighted by molar-refractivity contribution is -0.929. The fourth-order valence-electron chi connectivity index (χ4n) is 4.40. The summed E-state index contributed by atoms with van der Waals surface area (Å²) in [6.07, 6.45) is -2.81. The molecule has 0 unspecified atom stereocenters. The summed E-state index contributed by atoms with van der Waals surface area (Å²) in [6, 6.07) is 14.9. The van der Waals surface area contributed by atoms with E-state index in [0.717, 1.165) is 48.7 Å². The first-order valence-electron chi connectivity index (χ1n) is 11.3. The molecule has 0 spiro atoms. The van der Waals surface area contributed by atoms with E-state index in [2.05, 4.69) is 19.4 Å². The monoisotopic (exact) mass is 542 g/mol. The minimum atomic E-state index is -4.82. The van der Waals surface area contributed by atoms with Crippen LogP contribution in [0.3, 0.4) is 0 Å². The van der Waals surface area contributed by atoms with Crippen LogP contribution < -0.4 is 17.7 Å². The van der Waals surface area contributed by atoms with Crippen LogP contribution in [0.25, 0.3) is 11.3 Å². The fraction of sp³-hybridized carbons (Fsp3) is 0.346. The molecule has 1 aromatic heterocycles. The van der Waals surface area contributed by atoms with Gasteiger partial charge in [0.25, 0.3) is 5.91 Å². The van der Waals surface area contributed by atoms with Gasteiger partial charge < -0.3 is 31.4 Å². The number of ether oxygens (including phenoxy) is 1. The molecular weight excluding hydrogens is 516 g/mol. The number of hydrogen-bond acceptors (Lipinski definition) is 3. The number of hydrogen-bond donors (Lipinski definition) is 1. The SMILES string of the molecule is C[N+](C)(Cc1ccc(NC(=O)c2cc(-c3ccc(Cl)cc3)oc2C(F)(F)F)cc1)C1CCOCC1.[Cl-]. The third-order valence-corrected chi connectivity index (χ3v) is 6.60. The van der Waals surface area contributed by atoms with E-state index in [1.54, 1.807) is 12.1 Å². The van der Waals surface area contributed by atoms with Gasteiger partial charge in [-0.25, -0.2) is 0 Å². The van der Waals surface area contributed by atoms with Gasteiger partial charge in [0.1, 0.15) is 12.3 Å². The first kappa shape index (κ1) is 28.1. The average molecular weight is 543 g/mol. The third-order valence-electron chi connectivity index (χ3n) is 6.34. The summed E-state index contributed by atoms with van der Waals surface area (Å²) in [5, 5.41) is 2.99. The van der Waals surface area contributed by atoms with Crippen LogP contribution in [0.4, 0.5) is 18.9 Å². The van der Waals surface area contributed by atoms with Crippen LogP contribution in [0.1, 0.15) is 34.5 Å². The van der Waals surface area contributed by atoms with Crippen molar-refractivity contribution in [2.45, 2.75) is 31.6 Å². The number of amides is 1. The number of carbonyl (C=O) groups excluding carboxylic acids is 1. The van der Waals surface area contributed by atoms with Crippen molar-refractivity contribution >= 4 is 23.2 Å². The van der Waals surface area contributed by atoms with Gasteiger partial charge in [-0.05, 0) is 42.5 Å². The van der Waals surface area contributed by atoms with E-state index in [1.807, 2.05) is 12.1 Å². The highest BCUT2D eigenvalue weighted by Gasteiger charge is 2.40. The van der Waals surface area contributed by atoms with Gasteiger partial charge in [-0.2, -0.15) is 13.2 Å². The lowest BCUT2D eigenvalue weighted by Gasteiger charge is -2.40. The van der Waals surface area contributed by atoms with Crippen LogP contribution in [0.2, 0.25) is 5.02 Å². The largest absolute Gasteiger partial charge is 1.00 e. The summed E-state index contributed by atoms with van der Waals surface area (Å²) in [6.45, 7) is 2.33. The van der Waals surface area contributed by atoms with Gasteiger partial charge in [0, 0.05) is 34.7 Å². The first-order valence-corrected chi connectivity index (χ1v) is 11.7. The van der Waals surface area contributed by atoms with Crippen LogP contribution in [0, 0.1) is 0 Å². The lowest BCUT2D eigenvalue weighted by atomic mass is 10.0. The average Bonchev–Trinajstić information content (AvgIpc) is 3.28. The maximum absolute atomic E-state index is 13.6. The summed E-state index contributed by atoms with van der Waals surface area (Å²) in [5.74, 6) is -2.30. The van der Waals surface area contributed by atoms with Gasteiger partial charge in [-0.15, -0.1) is 0 Å². The second-order valence-electron chi connectivity index (χ2n) is 9.29. The topological polar surface area (TPSA) is 51.5 Å². The number of carbonyl (C=O) groups is 1. The number of rotatable bonds is 6. The Labute approximate surface area is 219 Å². The Morgan fingerprint density at radius 3 is 2.25 bits per heavy atom. The molecule has 5 nitrogen and oxygen atoms in total. The fourth-order valence-corrected chi connectivity index (χ4v) is 4.53. The predicted octanol–water partition coefficient (Wildman–Crippen LogP) is 3.63. The molecule has 1 amide bonds. The van der Waals surface area contributed by atoms with Gasteiger partial charge in [0.05, 0.1) is 38.9 Å². The zero-order valence-corrected chi connectivity index (χ0v) is 21.4. The number of quaternary nitrogens is 1. The molecular formula is C26H27Cl2F3N2O3. The number of alkyl halides is 3. The minimum Gasteiger partial charge on any atom is -1.00 e. The molecule has 1 fully saturated rings. The molecule has 3 aromatic rings. The normalized spacial score (nSPS) is 14.8. The highest BCUT2D eigenvalue weighted by atomic mass is 35.5. The highest BCUT2D eigenvalue weighted by Crippen LogP contribution is 2.37. The lowest BCUT2D eigenvalue weighted by Crippen LogP contribution is -3.00. The number of halogens is 5. The van der Waals surface area contributed by atoms with Gasteiger partial charge in [0.2, 0.25) is 5.76 Å². The number of benzene rings is 2. The molecule has 2 heterocycles. The Balaban J connectivity index is 0.00000361. The molecule has 0 bridgehead atoms. The van der Waals surface area contributed by atoms with Crippen molar-refractivity contribution in [1.29, 1.82) is 0 Å². The van der Waals surface area contributed by atoms with Gasteiger partial charge >= 0.3 is 6.18 Å². The molecule has 0 radical (unpaired) electrons. The zero-order valence-electron chi connectivity index (χ0n) is 19.9. The number of anilines is 1. The minimum absolute atomic E-state index is 0. The molecule has 10 heteroatoms. The molecule has 0 aliphatic carbocycles. The third kappa shape index (κ3) is 6.62. The van der Waals surface area contributed by atoms with E-state index >= 15 is 0 Å². The van der Waals surface area contributed by atoms with Gasteiger partial charge in [0.15, 0.2) is 0 Å². The molecule has 1 aliphatic heterocycles. The van der Waals surface area contributed by atoms with Crippen molar-refractivity contribution in [2.75, 3.05) is 32.6 Å². The molecule has 0 saturated carbocycles. The van der Waals surface area contributed by atoms with Crippen LogP contribution in [0.15, 0.2) is 59.0 Å². The van der Waals surface area contributed by atoms with Crippen molar-refractivity contribution in [3.8, 4) is 11.3 Å². The Morgan fingerprint density at radius 2 is 1.67 bits per heavy atom.